The molecule has 0 heterocycles. The zero-order chi connectivity index (χ0) is 39.4. The third-order valence-electron chi connectivity index (χ3n) is 11.3. The van der Waals surface area contributed by atoms with Gasteiger partial charge in [0.2, 0.25) is 0 Å². The molecule has 10 rings (SSSR count). The summed E-state index contributed by atoms with van der Waals surface area (Å²) in [7, 11) is 0. The molecule has 0 amide bonds. The maximum Gasteiger partial charge on any atom is 0.0468 e. The summed E-state index contributed by atoms with van der Waals surface area (Å²) in [4.78, 5) is 2.38. The van der Waals surface area contributed by atoms with Crippen LogP contribution in [0.3, 0.4) is 0 Å². The Balaban J connectivity index is 1.10. The highest BCUT2D eigenvalue weighted by atomic mass is 15.1. The number of hydrogen-bond donors (Lipinski definition) is 0. The van der Waals surface area contributed by atoms with Crippen LogP contribution in [0.2, 0.25) is 0 Å². The quantitative estimate of drug-likeness (QED) is 0.142. The molecular weight excluding hydrogens is 711 g/mol. The summed E-state index contributed by atoms with van der Waals surface area (Å²) < 4.78 is 0. The summed E-state index contributed by atoms with van der Waals surface area (Å²) >= 11 is 0. The van der Waals surface area contributed by atoms with E-state index in [4.69, 9.17) is 0 Å². The summed E-state index contributed by atoms with van der Waals surface area (Å²) in [6, 6.07) is 89.9. The lowest BCUT2D eigenvalue weighted by molar-refractivity contribution is 1.28. The van der Waals surface area contributed by atoms with Gasteiger partial charge in [0, 0.05) is 17.1 Å². The number of benzene rings is 10. The van der Waals surface area contributed by atoms with Gasteiger partial charge in [-0.3, -0.25) is 0 Å². The molecule has 0 aromatic heterocycles. The fourth-order valence-electron chi connectivity index (χ4n) is 8.27. The molecule has 0 fully saturated rings. The van der Waals surface area contributed by atoms with Crippen molar-refractivity contribution in [2.24, 2.45) is 0 Å². The van der Waals surface area contributed by atoms with Crippen LogP contribution in [0.4, 0.5) is 17.1 Å². The van der Waals surface area contributed by atoms with Gasteiger partial charge >= 0.3 is 0 Å². The van der Waals surface area contributed by atoms with E-state index in [1.165, 1.54) is 77.5 Å². The second-order valence-electron chi connectivity index (χ2n) is 14.9. The van der Waals surface area contributed by atoms with Gasteiger partial charge in [-0.25, -0.2) is 0 Å². The number of nitrogens with zero attached hydrogens (tertiary/aromatic N) is 1. The van der Waals surface area contributed by atoms with Crippen molar-refractivity contribution in [3.63, 3.8) is 0 Å². The van der Waals surface area contributed by atoms with Crippen molar-refractivity contribution < 1.29 is 0 Å². The smallest absolute Gasteiger partial charge is 0.0468 e. The maximum absolute atomic E-state index is 2.38. The van der Waals surface area contributed by atoms with Crippen LogP contribution in [0.5, 0.6) is 0 Å². The third-order valence-corrected chi connectivity index (χ3v) is 11.3. The first-order valence-electron chi connectivity index (χ1n) is 20.2. The van der Waals surface area contributed by atoms with Gasteiger partial charge in [-0.1, -0.05) is 200 Å². The van der Waals surface area contributed by atoms with Crippen LogP contribution in [0.1, 0.15) is 0 Å². The summed E-state index contributed by atoms with van der Waals surface area (Å²) in [6.07, 6.45) is 0. The van der Waals surface area contributed by atoms with E-state index in [0.29, 0.717) is 0 Å². The van der Waals surface area contributed by atoms with Gasteiger partial charge in [-0.15, -0.1) is 0 Å². The first-order valence-corrected chi connectivity index (χ1v) is 20.2. The van der Waals surface area contributed by atoms with Crippen LogP contribution in [0.25, 0.3) is 77.5 Å². The summed E-state index contributed by atoms with van der Waals surface area (Å²) in [5.41, 5.74) is 17.6. The van der Waals surface area contributed by atoms with E-state index in [1.807, 2.05) is 0 Å². The summed E-state index contributed by atoms with van der Waals surface area (Å²) in [5.74, 6) is 0. The minimum atomic E-state index is 1.08. The Kier molecular flexibility index (Phi) is 9.68. The monoisotopic (exact) mass is 751 g/mol. The predicted molar refractivity (Wildman–Crippen MR) is 251 cm³/mol. The minimum absolute atomic E-state index is 1.08. The lowest BCUT2D eigenvalue weighted by Gasteiger charge is -2.27. The molecule has 1 heteroatoms. The first-order chi connectivity index (χ1) is 29.2. The highest BCUT2D eigenvalue weighted by molar-refractivity contribution is 5.92. The standard InChI is InChI=1S/C58H41N/c1-5-15-42(16-6-1)51-31-37-55(45-18-7-2-8-19-45)57(40-51)48-29-34-53(35-30-48)59(52-32-27-44(28-33-52)50-26-25-43-17-13-14-24-49(43)39-50)54-36-38-56(46-20-9-3-10-21-46)58(41-54)47-22-11-4-12-23-47/h1-41H. The number of fused-ring (bicyclic) bond motifs is 1. The summed E-state index contributed by atoms with van der Waals surface area (Å²) in [5, 5.41) is 2.49. The Bertz CT molecular complexity index is 2990. The van der Waals surface area contributed by atoms with E-state index >= 15 is 0 Å². The molecule has 1 nitrogen and oxygen atoms in total. The van der Waals surface area contributed by atoms with E-state index < -0.39 is 0 Å². The van der Waals surface area contributed by atoms with E-state index in [-0.39, 0.29) is 0 Å². The predicted octanol–water partition coefficient (Wildman–Crippen LogP) is 16.3. The molecule has 0 aliphatic rings. The minimum Gasteiger partial charge on any atom is -0.310 e. The molecule has 0 saturated carbocycles. The molecule has 0 unspecified atom stereocenters. The zero-order valence-corrected chi connectivity index (χ0v) is 32.6. The van der Waals surface area contributed by atoms with Crippen LogP contribution in [0.15, 0.2) is 249 Å². The number of anilines is 3. The molecule has 0 aliphatic heterocycles. The first kappa shape index (κ1) is 35.7. The van der Waals surface area contributed by atoms with Crippen molar-refractivity contribution in [2.45, 2.75) is 0 Å². The Morgan fingerprint density at radius 3 is 1.12 bits per heavy atom. The lowest BCUT2D eigenvalue weighted by atomic mass is 9.91. The van der Waals surface area contributed by atoms with Crippen LogP contribution in [0, 0.1) is 0 Å². The van der Waals surface area contributed by atoms with E-state index in [9.17, 15) is 0 Å². The molecule has 0 bridgehead atoms. The zero-order valence-electron chi connectivity index (χ0n) is 32.6. The number of rotatable bonds is 9. The largest absolute Gasteiger partial charge is 0.310 e. The molecule has 0 saturated heterocycles. The van der Waals surface area contributed by atoms with Crippen molar-refractivity contribution >= 4 is 27.8 Å². The Hall–Kier alpha value is -7.74. The summed E-state index contributed by atoms with van der Waals surface area (Å²) in [6.45, 7) is 0. The normalized spacial score (nSPS) is 11.1. The molecule has 278 valence electrons. The fourth-order valence-corrected chi connectivity index (χ4v) is 8.27. The van der Waals surface area contributed by atoms with Gasteiger partial charge in [-0.2, -0.15) is 0 Å². The van der Waals surface area contributed by atoms with Gasteiger partial charge in [0.15, 0.2) is 0 Å². The van der Waals surface area contributed by atoms with Crippen molar-refractivity contribution in [1.82, 2.24) is 0 Å². The fraction of sp³-hybridized carbons (Fsp3) is 0. The second kappa shape index (κ2) is 16.0. The van der Waals surface area contributed by atoms with E-state index in [2.05, 4.69) is 254 Å². The van der Waals surface area contributed by atoms with Crippen LogP contribution in [-0.2, 0) is 0 Å². The molecule has 0 N–H and O–H groups in total. The maximum atomic E-state index is 2.38. The highest BCUT2D eigenvalue weighted by Gasteiger charge is 2.18. The molecule has 0 spiro atoms. The van der Waals surface area contributed by atoms with Crippen LogP contribution < -0.4 is 4.90 Å². The molecule has 0 aliphatic carbocycles. The van der Waals surface area contributed by atoms with E-state index in [1.54, 1.807) is 0 Å². The third kappa shape index (κ3) is 7.34. The lowest BCUT2D eigenvalue weighted by Crippen LogP contribution is -2.10. The van der Waals surface area contributed by atoms with Gasteiger partial charge in [0.05, 0.1) is 0 Å². The topological polar surface area (TPSA) is 3.24 Å². The van der Waals surface area contributed by atoms with E-state index in [0.717, 1.165) is 17.1 Å². The van der Waals surface area contributed by atoms with Crippen LogP contribution in [-0.4, -0.2) is 0 Å². The average Bonchev–Trinajstić information content (AvgIpc) is 3.33. The Labute approximate surface area is 346 Å². The SMILES string of the molecule is c1ccc(-c2ccc(-c3ccccc3)c(-c3ccc(N(c4ccc(-c5ccc6ccccc6c5)cc4)c4ccc(-c5ccccc5)c(-c5ccccc5)c4)cc3)c2)cc1. The van der Waals surface area contributed by atoms with Gasteiger partial charge in [0.1, 0.15) is 0 Å². The molecule has 59 heavy (non-hydrogen) atoms. The van der Waals surface area contributed by atoms with Crippen molar-refractivity contribution in [2.75, 3.05) is 4.90 Å². The molecule has 0 radical (unpaired) electrons. The number of hydrogen-bond acceptors (Lipinski definition) is 1. The molecule has 10 aromatic carbocycles. The average molecular weight is 752 g/mol. The second-order valence-corrected chi connectivity index (χ2v) is 14.9. The van der Waals surface area contributed by atoms with Gasteiger partial charge in [0.25, 0.3) is 0 Å². The molecule has 0 atom stereocenters. The Morgan fingerprint density at radius 2 is 0.542 bits per heavy atom. The van der Waals surface area contributed by atoms with Crippen LogP contribution >= 0.6 is 0 Å². The molecule has 10 aromatic rings. The highest BCUT2D eigenvalue weighted by Crippen LogP contribution is 2.43. The van der Waals surface area contributed by atoms with Gasteiger partial charge in [-0.05, 0) is 126 Å². The van der Waals surface area contributed by atoms with Crippen molar-refractivity contribution in [3.05, 3.63) is 249 Å². The molecular formula is C58H41N. The van der Waals surface area contributed by atoms with Gasteiger partial charge < -0.3 is 4.90 Å². The van der Waals surface area contributed by atoms with Crippen molar-refractivity contribution in [1.29, 1.82) is 0 Å². The Morgan fingerprint density at radius 1 is 0.186 bits per heavy atom. The van der Waals surface area contributed by atoms with Crippen molar-refractivity contribution in [3.8, 4) is 66.8 Å².